The van der Waals surface area contributed by atoms with Crippen molar-refractivity contribution in [3.63, 3.8) is 0 Å². The zero-order valence-corrected chi connectivity index (χ0v) is 17.1. The highest BCUT2D eigenvalue weighted by molar-refractivity contribution is 6.25. The molecule has 9 nitrogen and oxygen atoms in total. The summed E-state index contributed by atoms with van der Waals surface area (Å²) in [6.45, 7) is 0.358. The number of carbonyl (C=O) groups is 5. The van der Waals surface area contributed by atoms with Gasteiger partial charge < -0.3 is 10.4 Å². The molecule has 1 unspecified atom stereocenters. The van der Waals surface area contributed by atoms with Crippen LogP contribution in [0.5, 0.6) is 0 Å². The number of aliphatic carboxylic acids is 1. The molecule has 2 aromatic carbocycles. The van der Waals surface area contributed by atoms with E-state index in [-0.39, 0.29) is 30.4 Å². The average Bonchev–Trinajstić information content (AvgIpc) is 3.02. The summed E-state index contributed by atoms with van der Waals surface area (Å²) in [5.74, 6) is -3.06. The number of aryl methyl sites for hydroxylation is 1. The molecule has 1 atom stereocenters. The number of hydrogen-bond acceptors (Lipinski definition) is 6. The number of imide groups is 2. The maximum absolute atomic E-state index is 13.1. The SMILES string of the molecule is O=C(O)CCc1cccc(CNc2cccc3c2C(=O)N(C2CCC(=O)NC2=O)C3=O)c1. The average molecular weight is 435 g/mol. The van der Waals surface area contributed by atoms with Crippen LogP contribution in [0.15, 0.2) is 42.5 Å². The number of fused-ring (bicyclic) bond motifs is 1. The van der Waals surface area contributed by atoms with E-state index in [1.165, 1.54) is 0 Å². The molecule has 164 valence electrons. The molecule has 32 heavy (non-hydrogen) atoms. The molecule has 2 heterocycles. The van der Waals surface area contributed by atoms with E-state index in [2.05, 4.69) is 10.6 Å². The number of carboxylic acid groups (broad SMARTS) is 1. The number of anilines is 1. The Kier molecular flexibility index (Phi) is 5.72. The highest BCUT2D eigenvalue weighted by Crippen LogP contribution is 2.32. The van der Waals surface area contributed by atoms with Crippen molar-refractivity contribution in [2.75, 3.05) is 5.32 Å². The van der Waals surface area contributed by atoms with Crippen molar-refractivity contribution in [1.82, 2.24) is 10.2 Å². The minimum atomic E-state index is -1.01. The minimum Gasteiger partial charge on any atom is -0.481 e. The number of amides is 4. The van der Waals surface area contributed by atoms with Crippen molar-refractivity contribution in [1.29, 1.82) is 0 Å². The molecule has 2 aromatic rings. The first-order valence-corrected chi connectivity index (χ1v) is 10.2. The molecule has 0 bridgehead atoms. The van der Waals surface area contributed by atoms with Crippen LogP contribution in [-0.2, 0) is 27.3 Å². The number of rotatable bonds is 7. The maximum Gasteiger partial charge on any atom is 0.303 e. The quantitative estimate of drug-likeness (QED) is 0.564. The standard InChI is InChI=1S/C23H21N3O6/c27-18-9-8-17(21(30)25-18)26-22(31)15-5-2-6-16(20(15)23(26)32)24-12-14-4-1-3-13(11-14)7-10-19(28)29/h1-6,11,17,24H,7-10,12H2,(H,28,29)(H,25,27,30). The van der Waals surface area contributed by atoms with E-state index in [1.807, 2.05) is 24.3 Å². The Morgan fingerprint density at radius 1 is 1.06 bits per heavy atom. The largest absolute Gasteiger partial charge is 0.481 e. The summed E-state index contributed by atoms with van der Waals surface area (Å²) < 4.78 is 0. The summed E-state index contributed by atoms with van der Waals surface area (Å²) in [4.78, 5) is 61.4. The summed E-state index contributed by atoms with van der Waals surface area (Å²) in [6.07, 6.45) is 0.614. The number of piperidine rings is 1. The fraction of sp³-hybridized carbons (Fsp3) is 0.261. The molecule has 0 spiro atoms. The number of benzene rings is 2. The molecule has 0 saturated carbocycles. The molecular weight excluding hydrogens is 414 g/mol. The molecule has 2 aliphatic rings. The zero-order chi connectivity index (χ0) is 22.8. The monoisotopic (exact) mass is 435 g/mol. The highest BCUT2D eigenvalue weighted by Gasteiger charge is 2.45. The Morgan fingerprint density at radius 2 is 1.81 bits per heavy atom. The lowest BCUT2D eigenvalue weighted by molar-refractivity contribution is -0.137. The summed E-state index contributed by atoms with van der Waals surface area (Å²) in [7, 11) is 0. The van der Waals surface area contributed by atoms with Gasteiger partial charge in [0.2, 0.25) is 11.8 Å². The molecule has 0 aromatic heterocycles. The van der Waals surface area contributed by atoms with Gasteiger partial charge in [0.1, 0.15) is 6.04 Å². The Bertz CT molecular complexity index is 1140. The van der Waals surface area contributed by atoms with Crippen molar-refractivity contribution >= 4 is 35.3 Å². The van der Waals surface area contributed by atoms with E-state index in [9.17, 15) is 24.0 Å². The predicted molar refractivity (Wildman–Crippen MR) is 113 cm³/mol. The smallest absolute Gasteiger partial charge is 0.303 e. The Labute approximate surface area is 183 Å². The van der Waals surface area contributed by atoms with Gasteiger partial charge in [-0.1, -0.05) is 30.3 Å². The second kappa shape index (κ2) is 8.62. The normalized spacial score (nSPS) is 17.9. The van der Waals surface area contributed by atoms with Crippen LogP contribution in [0.4, 0.5) is 5.69 Å². The van der Waals surface area contributed by atoms with Gasteiger partial charge in [-0.05, 0) is 36.1 Å². The second-order valence-electron chi connectivity index (χ2n) is 7.74. The van der Waals surface area contributed by atoms with Crippen molar-refractivity contribution in [2.45, 2.75) is 38.3 Å². The van der Waals surface area contributed by atoms with E-state index < -0.39 is 35.6 Å². The summed E-state index contributed by atoms with van der Waals surface area (Å²) in [5, 5.41) is 14.2. The molecule has 4 rings (SSSR count). The first-order chi connectivity index (χ1) is 15.3. The zero-order valence-electron chi connectivity index (χ0n) is 17.1. The molecule has 3 N–H and O–H groups in total. The predicted octanol–water partition coefficient (Wildman–Crippen LogP) is 1.72. The van der Waals surface area contributed by atoms with Gasteiger partial charge >= 0.3 is 5.97 Å². The van der Waals surface area contributed by atoms with Crippen LogP contribution < -0.4 is 10.6 Å². The first kappa shape index (κ1) is 21.2. The van der Waals surface area contributed by atoms with Crippen molar-refractivity contribution in [3.05, 3.63) is 64.7 Å². The lowest BCUT2D eigenvalue weighted by Gasteiger charge is -2.27. The van der Waals surface area contributed by atoms with Gasteiger partial charge in [-0.25, -0.2) is 0 Å². The molecule has 0 aliphatic carbocycles. The molecular formula is C23H21N3O6. The summed E-state index contributed by atoms with van der Waals surface area (Å²) in [5.41, 5.74) is 2.65. The van der Waals surface area contributed by atoms with Gasteiger partial charge in [-0.15, -0.1) is 0 Å². The molecule has 4 amide bonds. The van der Waals surface area contributed by atoms with E-state index in [0.29, 0.717) is 18.7 Å². The second-order valence-corrected chi connectivity index (χ2v) is 7.74. The summed E-state index contributed by atoms with van der Waals surface area (Å²) >= 11 is 0. The number of carbonyl (C=O) groups excluding carboxylic acids is 4. The Balaban J connectivity index is 1.52. The third-order valence-corrected chi connectivity index (χ3v) is 5.57. The third-order valence-electron chi connectivity index (χ3n) is 5.57. The fourth-order valence-corrected chi connectivity index (χ4v) is 4.01. The van der Waals surface area contributed by atoms with Crippen molar-refractivity contribution in [3.8, 4) is 0 Å². The van der Waals surface area contributed by atoms with E-state index in [4.69, 9.17) is 5.11 Å². The molecule has 1 saturated heterocycles. The van der Waals surface area contributed by atoms with Gasteiger partial charge in [0.15, 0.2) is 0 Å². The minimum absolute atomic E-state index is 0.0376. The van der Waals surface area contributed by atoms with E-state index in [1.54, 1.807) is 18.2 Å². The van der Waals surface area contributed by atoms with Crippen LogP contribution in [0.25, 0.3) is 0 Å². The molecule has 1 fully saturated rings. The number of hydrogen-bond donors (Lipinski definition) is 3. The lowest BCUT2D eigenvalue weighted by Crippen LogP contribution is -2.54. The summed E-state index contributed by atoms with van der Waals surface area (Å²) in [6, 6.07) is 11.3. The topological polar surface area (TPSA) is 133 Å². The van der Waals surface area contributed by atoms with E-state index >= 15 is 0 Å². The highest BCUT2D eigenvalue weighted by atomic mass is 16.4. The van der Waals surface area contributed by atoms with Crippen molar-refractivity contribution in [2.24, 2.45) is 0 Å². The van der Waals surface area contributed by atoms with Crippen LogP contribution in [0.2, 0.25) is 0 Å². The van der Waals surface area contributed by atoms with Crippen LogP contribution in [0.1, 0.15) is 51.1 Å². The van der Waals surface area contributed by atoms with Gasteiger partial charge in [0.05, 0.1) is 11.1 Å². The first-order valence-electron chi connectivity index (χ1n) is 10.2. The van der Waals surface area contributed by atoms with Gasteiger partial charge in [0.25, 0.3) is 11.8 Å². The van der Waals surface area contributed by atoms with Crippen LogP contribution in [0, 0.1) is 0 Å². The Hall–Kier alpha value is -4.01. The fourth-order valence-electron chi connectivity index (χ4n) is 4.01. The number of carboxylic acids is 1. The third kappa shape index (κ3) is 4.09. The van der Waals surface area contributed by atoms with Crippen LogP contribution in [0.3, 0.4) is 0 Å². The van der Waals surface area contributed by atoms with Gasteiger partial charge in [-0.2, -0.15) is 0 Å². The maximum atomic E-state index is 13.1. The van der Waals surface area contributed by atoms with Crippen molar-refractivity contribution < 1.29 is 29.1 Å². The van der Waals surface area contributed by atoms with Gasteiger partial charge in [-0.3, -0.25) is 34.2 Å². The molecule has 0 radical (unpaired) electrons. The van der Waals surface area contributed by atoms with E-state index in [0.717, 1.165) is 16.0 Å². The van der Waals surface area contributed by atoms with Crippen LogP contribution in [-0.4, -0.2) is 45.6 Å². The lowest BCUT2D eigenvalue weighted by atomic mass is 10.0. The number of nitrogens with zero attached hydrogens (tertiary/aromatic N) is 1. The van der Waals surface area contributed by atoms with Gasteiger partial charge in [0, 0.05) is 25.1 Å². The van der Waals surface area contributed by atoms with Crippen LogP contribution >= 0.6 is 0 Å². The number of nitrogens with one attached hydrogen (secondary N) is 2. The molecule has 2 aliphatic heterocycles. The molecule has 9 heteroatoms. The Morgan fingerprint density at radius 3 is 2.56 bits per heavy atom.